The molecule has 3 heteroatoms. The summed E-state index contributed by atoms with van der Waals surface area (Å²) in [5.74, 6) is 0.209. The van der Waals surface area contributed by atoms with E-state index in [2.05, 4.69) is 5.32 Å². The Bertz CT molecular complexity index is 422. The van der Waals surface area contributed by atoms with Crippen molar-refractivity contribution in [3.8, 4) is 0 Å². The van der Waals surface area contributed by atoms with Gasteiger partial charge in [-0.25, -0.2) is 0 Å². The molecule has 2 nitrogen and oxygen atoms in total. The zero-order valence-electron chi connectivity index (χ0n) is 9.00. The van der Waals surface area contributed by atoms with Gasteiger partial charge in [0, 0.05) is 17.1 Å². The van der Waals surface area contributed by atoms with Gasteiger partial charge in [-0.15, -0.1) is 0 Å². The topological polar surface area (TPSA) is 29.1 Å². The Morgan fingerprint density at radius 2 is 2.00 bits per heavy atom. The number of nitrogens with one attached hydrogen (secondary N) is 1. The van der Waals surface area contributed by atoms with E-state index in [1.165, 1.54) is 12.8 Å². The number of hydrogen-bond acceptors (Lipinski definition) is 2. The molecular weight excluding hydrogens is 222 g/mol. The van der Waals surface area contributed by atoms with Gasteiger partial charge in [0.25, 0.3) is 0 Å². The van der Waals surface area contributed by atoms with E-state index < -0.39 is 0 Å². The molecule has 3 rings (SSSR count). The fraction of sp³-hybridized carbons (Fsp3) is 0.462. The standard InChI is InChI=1S/C13H14ClNO/c14-10-3-1-9(2-4-10)12(16)11-7-13(5-6-13)8-15-11/h1-4,11,15H,5-8H2/t11-/m0/s1. The lowest BCUT2D eigenvalue weighted by Gasteiger charge is -2.09. The second-order valence-corrected chi connectivity index (χ2v) is 5.45. The van der Waals surface area contributed by atoms with Crippen molar-refractivity contribution in [2.75, 3.05) is 6.54 Å². The minimum Gasteiger partial charge on any atom is -0.307 e. The van der Waals surface area contributed by atoms with Gasteiger partial charge < -0.3 is 5.32 Å². The third kappa shape index (κ3) is 1.76. The van der Waals surface area contributed by atoms with Gasteiger partial charge in [0.05, 0.1) is 6.04 Å². The van der Waals surface area contributed by atoms with Crippen molar-refractivity contribution in [1.82, 2.24) is 5.32 Å². The summed E-state index contributed by atoms with van der Waals surface area (Å²) in [5.41, 5.74) is 1.23. The maximum absolute atomic E-state index is 12.2. The number of ketones is 1. The van der Waals surface area contributed by atoms with Crippen LogP contribution in [0.15, 0.2) is 24.3 Å². The van der Waals surface area contributed by atoms with Crippen LogP contribution in [0.2, 0.25) is 5.02 Å². The molecule has 1 saturated heterocycles. The number of hydrogen-bond donors (Lipinski definition) is 1. The maximum Gasteiger partial charge on any atom is 0.179 e. The summed E-state index contributed by atoms with van der Waals surface area (Å²) in [7, 11) is 0. The van der Waals surface area contributed by atoms with Crippen molar-refractivity contribution >= 4 is 17.4 Å². The summed E-state index contributed by atoms with van der Waals surface area (Å²) in [5, 5.41) is 4.02. The molecule has 1 aliphatic carbocycles. The summed E-state index contributed by atoms with van der Waals surface area (Å²) in [6.07, 6.45) is 3.57. The van der Waals surface area contributed by atoms with Crippen LogP contribution in [-0.4, -0.2) is 18.4 Å². The Kier molecular flexibility index (Phi) is 2.30. The Balaban J connectivity index is 1.75. The highest BCUT2D eigenvalue weighted by Crippen LogP contribution is 2.52. The van der Waals surface area contributed by atoms with Crippen LogP contribution in [0.5, 0.6) is 0 Å². The lowest BCUT2D eigenvalue weighted by Crippen LogP contribution is -2.30. The van der Waals surface area contributed by atoms with Crippen LogP contribution < -0.4 is 5.32 Å². The molecule has 16 heavy (non-hydrogen) atoms. The molecule has 0 unspecified atom stereocenters. The van der Waals surface area contributed by atoms with E-state index in [-0.39, 0.29) is 11.8 Å². The van der Waals surface area contributed by atoms with E-state index >= 15 is 0 Å². The largest absolute Gasteiger partial charge is 0.307 e. The molecule has 0 radical (unpaired) electrons. The summed E-state index contributed by atoms with van der Waals surface area (Å²) in [4.78, 5) is 12.2. The lowest BCUT2D eigenvalue weighted by molar-refractivity contribution is 0.0950. The number of carbonyl (C=O) groups is 1. The van der Waals surface area contributed by atoms with Crippen molar-refractivity contribution < 1.29 is 4.79 Å². The Morgan fingerprint density at radius 1 is 1.31 bits per heavy atom. The minimum atomic E-state index is 0.0173. The fourth-order valence-electron chi connectivity index (χ4n) is 2.48. The molecule has 1 aliphatic heterocycles. The molecule has 2 fully saturated rings. The van der Waals surface area contributed by atoms with Gasteiger partial charge in [-0.1, -0.05) is 11.6 Å². The highest BCUT2D eigenvalue weighted by molar-refractivity contribution is 6.30. The van der Waals surface area contributed by atoms with Gasteiger partial charge in [0.15, 0.2) is 5.78 Å². The molecule has 1 heterocycles. The average molecular weight is 236 g/mol. The number of benzene rings is 1. The number of halogens is 1. The highest BCUT2D eigenvalue weighted by Gasteiger charge is 2.49. The van der Waals surface area contributed by atoms with Gasteiger partial charge in [-0.3, -0.25) is 4.79 Å². The molecule has 1 atom stereocenters. The fourth-order valence-corrected chi connectivity index (χ4v) is 2.60. The Morgan fingerprint density at radius 3 is 2.56 bits per heavy atom. The van der Waals surface area contributed by atoms with Crippen molar-refractivity contribution in [2.45, 2.75) is 25.3 Å². The molecule has 1 spiro atoms. The minimum absolute atomic E-state index is 0.0173. The Hall–Kier alpha value is -0.860. The third-order valence-corrected chi connectivity index (χ3v) is 4.01. The first-order valence-electron chi connectivity index (χ1n) is 5.72. The predicted octanol–water partition coefficient (Wildman–Crippen LogP) is 2.66. The van der Waals surface area contributed by atoms with Crippen molar-refractivity contribution in [2.24, 2.45) is 5.41 Å². The first-order chi connectivity index (χ1) is 7.69. The van der Waals surface area contributed by atoms with Gasteiger partial charge in [-0.2, -0.15) is 0 Å². The molecule has 1 aromatic carbocycles. The van der Waals surface area contributed by atoms with E-state index in [9.17, 15) is 4.79 Å². The van der Waals surface area contributed by atoms with Gasteiger partial charge in [0.1, 0.15) is 0 Å². The monoisotopic (exact) mass is 235 g/mol. The molecule has 1 N–H and O–H groups in total. The van der Waals surface area contributed by atoms with Crippen LogP contribution in [0.4, 0.5) is 0 Å². The van der Waals surface area contributed by atoms with Gasteiger partial charge in [-0.05, 0) is 48.9 Å². The second-order valence-electron chi connectivity index (χ2n) is 5.01. The second kappa shape index (κ2) is 3.57. The van der Waals surface area contributed by atoms with E-state index in [1.807, 2.05) is 12.1 Å². The maximum atomic E-state index is 12.2. The van der Waals surface area contributed by atoms with Crippen LogP contribution in [0.1, 0.15) is 29.6 Å². The summed E-state index contributed by atoms with van der Waals surface area (Å²) < 4.78 is 0. The normalized spacial score (nSPS) is 25.9. The number of carbonyl (C=O) groups excluding carboxylic acids is 1. The first-order valence-corrected chi connectivity index (χ1v) is 6.10. The summed E-state index contributed by atoms with van der Waals surface area (Å²) >= 11 is 5.80. The number of Topliss-reactive ketones (excluding diaryl/α,β-unsaturated/α-hetero) is 1. The molecule has 0 amide bonds. The molecule has 0 bridgehead atoms. The zero-order valence-corrected chi connectivity index (χ0v) is 9.76. The first kappa shape index (κ1) is 10.3. The quantitative estimate of drug-likeness (QED) is 0.799. The lowest BCUT2D eigenvalue weighted by atomic mass is 9.97. The summed E-state index contributed by atoms with van der Waals surface area (Å²) in [6.45, 7) is 1.01. The van der Waals surface area contributed by atoms with Crippen LogP contribution in [0, 0.1) is 5.41 Å². The molecule has 1 saturated carbocycles. The van der Waals surface area contributed by atoms with E-state index in [1.54, 1.807) is 12.1 Å². The zero-order chi connectivity index (χ0) is 11.2. The number of rotatable bonds is 2. The van der Waals surface area contributed by atoms with E-state index in [4.69, 9.17) is 11.6 Å². The van der Waals surface area contributed by atoms with E-state index in [0.717, 1.165) is 18.5 Å². The molecule has 84 valence electrons. The third-order valence-electron chi connectivity index (χ3n) is 3.76. The summed E-state index contributed by atoms with van der Waals surface area (Å²) in [6, 6.07) is 7.19. The molecule has 1 aromatic rings. The SMILES string of the molecule is O=C(c1ccc(Cl)cc1)[C@@H]1CC2(CC2)CN1. The molecule has 0 aromatic heterocycles. The van der Waals surface area contributed by atoms with Gasteiger partial charge in [0.2, 0.25) is 0 Å². The van der Waals surface area contributed by atoms with Crippen LogP contribution in [-0.2, 0) is 0 Å². The predicted molar refractivity (Wildman–Crippen MR) is 63.9 cm³/mol. The van der Waals surface area contributed by atoms with Crippen LogP contribution in [0.3, 0.4) is 0 Å². The van der Waals surface area contributed by atoms with Crippen molar-refractivity contribution in [1.29, 1.82) is 0 Å². The molecule has 2 aliphatic rings. The molecular formula is C13H14ClNO. The average Bonchev–Trinajstić information content (AvgIpc) is 2.89. The van der Waals surface area contributed by atoms with E-state index in [0.29, 0.717) is 10.4 Å². The van der Waals surface area contributed by atoms with Crippen molar-refractivity contribution in [3.63, 3.8) is 0 Å². The van der Waals surface area contributed by atoms with Gasteiger partial charge >= 0.3 is 0 Å². The Labute approximate surface area is 100.0 Å². The van der Waals surface area contributed by atoms with Crippen LogP contribution >= 0.6 is 11.6 Å². The van der Waals surface area contributed by atoms with Crippen LogP contribution in [0.25, 0.3) is 0 Å². The smallest absolute Gasteiger partial charge is 0.179 e. The highest BCUT2D eigenvalue weighted by atomic mass is 35.5. The van der Waals surface area contributed by atoms with Crippen molar-refractivity contribution in [3.05, 3.63) is 34.9 Å².